The second-order valence-electron chi connectivity index (χ2n) is 6.14. The summed E-state index contributed by atoms with van der Waals surface area (Å²) in [6.45, 7) is 2.80. The summed E-state index contributed by atoms with van der Waals surface area (Å²) >= 11 is 2.98. The fourth-order valence-corrected chi connectivity index (χ4v) is 5.09. The Morgan fingerprint density at radius 3 is 2.96 bits per heavy atom. The van der Waals surface area contributed by atoms with Crippen LogP contribution in [0, 0.1) is 0 Å². The highest BCUT2D eigenvalue weighted by Gasteiger charge is 2.21. The number of unbranched alkanes of at least 4 members (excludes halogenated alkanes) is 1. The first-order valence-corrected chi connectivity index (χ1v) is 10.3. The van der Waals surface area contributed by atoms with Crippen LogP contribution < -0.4 is 10.9 Å². The van der Waals surface area contributed by atoms with Crippen LogP contribution in [0.25, 0.3) is 10.2 Å². The average molecular weight is 366 g/mol. The number of nitrogens with zero attached hydrogens (tertiary/aromatic N) is 2. The lowest BCUT2D eigenvalue weighted by atomic mass is 9.97. The predicted molar refractivity (Wildman–Crippen MR) is 100 cm³/mol. The summed E-state index contributed by atoms with van der Waals surface area (Å²) < 4.78 is 1.59. The molecule has 0 atom stereocenters. The van der Waals surface area contributed by atoms with Gasteiger partial charge in [-0.3, -0.25) is 14.2 Å². The third-order valence-electron chi connectivity index (χ3n) is 4.34. The smallest absolute Gasteiger partial charge is 0.262 e. The van der Waals surface area contributed by atoms with Gasteiger partial charge in [0, 0.05) is 18.5 Å². The highest BCUT2D eigenvalue weighted by atomic mass is 32.2. The fraction of sp³-hybridized carbons (Fsp3) is 0.588. The van der Waals surface area contributed by atoms with Crippen LogP contribution in [0.5, 0.6) is 0 Å². The van der Waals surface area contributed by atoms with Gasteiger partial charge in [0.15, 0.2) is 5.16 Å². The van der Waals surface area contributed by atoms with Crippen molar-refractivity contribution in [1.82, 2.24) is 14.9 Å². The van der Waals surface area contributed by atoms with E-state index in [-0.39, 0.29) is 11.5 Å². The normalized spacial score (nSPS) is 13.9. The van der Waals surface area contributed by atoms with Crippen molar-refractivity contribution < 1.29 is 4.79 Å². The Morgan fingerprint density at radius 1 is 1.38 bits per heavy atom. The Morgan fingerprint density at radius 2 is 2.17 bits per heavy atom. The van der Waals surface area contributed by atoms with Crippen LogP contribution >= 0.6 is 23.1 Å². The number of carbonyl (C=O) groups excluding carboxylic acids is 1. The molecule has 0 aromatic carbocycles. The molecule has 0 radical (unpaired) electrons. The molecule has 3 rings (SSSR count). The molecule has 0 aliphatic heterocycles. The molecule has 5 nitrogen and oxygen atoms in total. The quantitative estimate of drug-likeness (QED) is 0.486. The van der Waals surface area contributed by atoms with E-state index in [1.54, 1.807) is 23.0 Å². The number of carbonyl (C=O) groups is 1. The molecule has 1 aliphatic rings. The topological polar surface area (TPSA) is 64.0 Å². The number of fused-ring (bicyclic) bond motifs is 3. The van der Waals surface area contributed by atoms with Crippen LogP contribution in [0.1, 0.15) is 43.0 Å². The summed E-state index contributed by atoms with van der Waals surface area (Å²) in [5.74, 6) is 0.286. The molecule has 1 aliphatic carbocycles. The minimum absolute atomic E-state index is 0.00623. The number of aromatic nitrogens is 2. The summed E-state index contributed by atoms with van der Waals surface area (Å²) in [6.07, 6.45) is 6.43. The monoisotopic (exact) mass is 365 g/mol. The van der Waals surface area contributed by atoms with Crippen molar-refractivity contribution in [2.24, 2.45) is 7.05 Å². The first-order valence-electron chi connectivity index (χ1n) is 8.52. The van der Waals surface area contributed by atoms with Crippen molar-refractivity contribution in [3.8, 4) is 0 Å². The first-order chi connectivity index (χ1) is 11.6. The fourth-order valence-electron chi connectivity index (χ4n) is 2.98. The van der Waals surface area contributed by atoms with E-state index in [2.05, 4.69) is 17.2 Å². The van der Waals surface area contributed by atoms with E-state index in [4.69, 9.17) is 0 Å². The Hall–Kier alpha value is -1.34. The van der Waals surface area contributed by atoms with Gasteiger partial charge >= 0.3 is 0 Å². The van der Waals surface area contributed by atoms with E-state index in [1.165, 1.54) is 28.6 Å². The third kappa shape index (κ3) is 3.52. The maximum Gasteiger partial charge on any atom is 0.262 e. The molecule has 1 N–H and O–H groups in total. The van der Waals surface area contributed by atoms with Crippen molar-refractivity contribution in [2.45, 2.75) is 50.6 Å². The number of thiophene rings is 1. The van der Waals surface area contributed by atoms with Gasteiger partial charge < -0.3 is 5.32 Å². The Kier molecular flexibility index (Phi) is 5.61. The molecule has 0 bridgehead atoms. The van der Waals surface area contributed by atoms with Crippen molar-refractivity contribution in [3.05, 3.63) is 20.8 Å². The third-order valence-corrected chi connectivity index (χ3v) is 6.56. The molecule has 7 heteroatoms. The largest absolute Gasteiger partial charge is 0.355 e. The van der Waals surface area contributed by atoms with Crippen LogP contribution in [0.15, 0.2) is 9.95 Å². The van der Waals surface area contributed by atoms with E-state index in [1.807, 2.05) is 0 Å². The molecule has 130 valence electrons. The number of thioether (sulfide) groups is 1. The van der Waals surface area contributed by atoms with E-state index in [0.29, 0.717) is 17.5 Å². The molecule has 24 heavy (non-hydrogen) atoms. The molecular formula is C17H23N3O2S2. The van der Waals surface area contributed by atoms with Crippen LogP contribution in [-0.4, -0.2) is 27.8 Å². The number of aryl methyl sites for hydroxylation is 2. The molecule has 0 saturated carbocycles. The van der Waals surface area contributed by atoms with Crippen molar-refractivity contribution >= 4 is 39.2 Å². The summed E-state index contributed by atoms with van der Waals surface area (Å²) in [6, 6.07) is 0. The van der Waals surface area contributed by atoms with E-state index >= 15 is 0 Å². The van der Waals surface area contributed by atoms with Gasteiger partial charge in [0.25, 0.3) is 5.56 Å². The SMILES string of the molecule is CCCCNC(=O)CSc1nc2sc3c(c2c(=O)n1C)CCCC3. The number of rotatable bonds is 6. The number of amides is 1. The van der Waals surface area contributed by atoms with Crippen LogP contribution in [-0.2, 0) is 24.7 Å². The lowest BCUT2D eigenvalue weighted by molar-refractivity contribution is -0.118. The minimum atomic E-state index is -0.00623. The lowest BCUT2D eigenvalue weighted by Crippen LogP contribution is -2.27. The highest BCUT2D eigenvalue weighted by molar-refractivity contribution is 7.99. The zero-order valence-electron chi connectivity index (χ0n) is 14.2. The predicted octanol–water partition coefficient (Wildman–Crippen LogP) is 2.88. The van der Waals surface area contributed by atoms with E-state index < -0.39 is 0 Å². The van der Waals surface area contributed by atoms with Gasteiger partial charge in [0.05, 0.1) is 11.1 Å². The van der Waals surface area contributed by atoms with Gasteiger partial charge in [-0.1, -0.05) is 25.1 Å². The van der Waals surface area contributed by atoms with Crippen LogP contribution in [0.3, 0.4) is 0 Å². The van der Waals surface area contributed by atoms with Crippen molar-refractivity contribution in [1.29, 1.82) is 0 Å². The van der Waals surface area contributed by atoms with Gasteiger partial charge in [0.1, 0.15) is 4.83 Å². The highest BCUT2D eigenvalue weighted by Crippen LogP contribution is 2.34. The average Bonchev–Trinajstić information content (AvgIpc) is 2.95. The zero-order valence-corrected chi connectivity index (χ0v) is 15.8. The van der Waals surface area contributed by atoms with Crippen LogP contribution in [0.2, 0.25) is 0 Å². The molecule has 0 fully saturated rings. The minimum Gasteiger partial charge on any atom is -0.355 e. The maximum atomic E-state index is 12.8. The Bertz CT molecular complexity index is 810. The molecule has 0 spiro atoms. The Labute approximate surface area is 149 Å². The number of hydrogen-bond donors (Lipinski definition) is 1. The van der Waals surface area contributed by atoms with Gasteiger partial charge in [0.2, 0.25) is 5.91 Å². The van der Waals surface area contributed by atoms with Gasteiger partial charge in [-0.05, 0) is 37.7 Å². The molecule has 0 unspecified atom stereocenters. The second kappa shape index (κ2) is 7.70. The summed E-state index contributed by atoms with van der Waals surface area (Å²) in [4.78, 5) is 31.4. The molecular weight excluding hydrogens is 342 g/mol. The first kappa shape index (κ1) is 17.5. The van der Waals surface area contributed by atoms with Gasteiger partial charge in [-0.15, -0.1) is 11.3 Å². The summed E-state index contributed by atoms with van der Waals surface area (Å²) in [5.41, 5.74) is 1.23. The van der Waals surface area contributed by atoms with E-state index in [9.17, 15) is 9.59 Å². The second-order valence-corrected chi connectivity index (χ2v) is 8.17. The summed E-state index contributed by atoms with van der Waals surface area (Å²) in [7, 11) is 1.75. The number of hydrogen-bond acceptors (Lipinski definition) is 5. The van der Waals surface area contributed by atoms with Crippen molar-refractivity contribution in [2.75, 3.05) is 12.3 Å². The molecule has 1 amide bonds. The van der Waals surface area contributed by atoms with E-state index in [0.717, 1.165) is 42.3 Å². The Balaban J connectivity index is 1.81. The molecule has 2 aromatic heterocycles. The van der Waals surface area contributed by atoms with Crippen molar-refractivity contribution in [3.63, 3.8) is 0 Å². The zero-order chi connectivity index (χ0) is 17.1. The lowest BCUT2D eigenvalue weighted by Gasteiger charge is -2.11. The number of nitrogens with one attached hydrogen (secondary N) is 1. The molecule has 0 saturated heterocycles. The maximum absolute atomic E-state index is 12.8. The molecule has 2 aromatic rings. The van der Waals surface area contributed by atoms with Gasteiger partial charge in [-0.25, -0.2) is 4.98 Å². The summed E-state index contributed by atoms with van der Waals surface area (Å²) in [5, 5.41) is 4.31. The van der Waals surface area contributed by atoms with Crippen LogP contribution in [0.4, 0.5) is 0 Å². The molecule has 2 heterocycles. The standard InChI is InChI=1S/C17H23N3O2S2/c1-3-4-9-18-13(21)10-23-17-19-15-14(16(22)20(17)2)11-7-5-6-8-12(11)24-15/h3-10H2,1-2H3,(H,18,21). The van der Waals surface area contributed by atoms with Gasteiger partial charge in [-0.2, -0.15) is 0 Å².